The van der Waals surface area contributed by atoms with Crippen LogP contribution in [-0.2, 0) is 20.2 Å². The van der Waals surface area contributed by atoms with Crippen LogP contribution in [0.2, 0.25) is 0 Å². The molecule has 5 N–H and O–H groups in total. The van der Waals surface area contributed by atoms with Gasteiger partial charge in [-0.15, -0.1) is 10.2 Å². The molecule has 1 aromatic heterocycles. The van der Waals surface area contributed by atoms with Crippen molar-refractivity contribution in [3.63, 3.8) is 0 Å². The molecular formula is C21H26N6O3S2. The Bertz CT molecular complexity index is 1210. The van der Waals surface area contributed by atoms with Crippen LogP contribution < -0.4 is 16.3 Å². The average molecular weight is 475 g/mol. The highest BCUT2D eigenvalue weighted by atomic mass is 32.2. The molecule has 9 nitrogen and oxygen atoms in total. The Morgan fingerprint density at radius 1 is 1.06 bits per heavy atom. The third-order valence-corrected chi connectivity index (χ3v) is 6.76. The van der Waals surface area contributed by atoms with Gasteiger partial charge in [0, 0.05) is 11.3 Å². The number of nitrogens with two attached hydrogens (primary N) is 2. The molecular weight excluding hydrogens is 448 g/mol. The number of carbonyl (C=O) groups is 1. The topological polar surface area (TPSA) is 146 Å². The van der Waals surface area contributed by atoms with E-state index in [9.17, 15) is 13.2 Å². The van der Waals surface area contributed by atoms with E-state index < -0.39 is 15.3 Å². The Balaban J connectivity index is 1.68. The highest BCUT2D eigenvalue weighted by molar-refractivity contribution is 8.00. The number of nitrogens with zero attached hydrogens (tertiary/aromatic N) is 3. The van der Waals surface area contributed by atoms with Gasteiger partial charge in [-0.1, -0.05) is 56.8 Å². The van der Waals surface area contributed by atoms with Gasteiger partial charge in [-0.3, -0.25) is 4.79 Å². The second-order valence-electron chi connectivity index (χ2n) is 8.32. The van der Waals surface area contributed by atoms with Crippen molar-refractivity contribution in [1.29, 1.82) is 0 Å². The summed E-state index contributed by atoms with van der Waals surface area (Å²) in [7, 11) is -3.79. The first kappa shape index (κ1) is 23.8. The number of hydrogen-bond acceptors (Lipinski definition) is 7. The molecule has 0 saturated heterocycles. The maximum absolute atomic E-state index is 12.5. The van der Waals surface area contributed by atoms with Crippen molar-refractivity contribution in [2.75, 3.05) is 11.2 Å². The number of hydrogen-bond donors (Lipinski definition) is 3. The number of nitrogen functional groups attached to an aromatic ring is 1. The number of benzene rings is 2. The van der Waals surface area contributed by atoms with Crippen LogP contribution in [0.3, 0.4) is 0 Å². The number of amides is 1. The highest BCUT2D eigenvalue weighted by Gasteiger charge is 2.21. The van der Waals surface area contributed by atoms with E-state index in [1.165, 1.54) is 34.5 Å². The van der Waals surface area contributed by atoms with Gasteiger partial charge >= 0.3 is 0 Å². The summed E-state index contributed by atoms with van der Waals surface area (Å²) >= 11 is 1.16. The fraction of sp³-hybridized carbons (Fsp3) is 0.286. The second-order valence-corrected chi connectivity index (χ2v) is 11.2. The monoisotopic (exact) mass is 474 g/mol. The first-order valence-corrected chi connectivity index (χ1v) is 12.2. The van der Waals surface area contributed by atoms with Crippen molar-refractivity contribution in [3.8, 4) is 11.4 Å². The van der Waals surface area contributed by atoms with Crippen LogP contribution in [-0.4, -0.2) is 34.4 Å². The van der Waals surface area contributed by atoms with E-state index in [1.54, 1.807) is 6.92 Å². The van der Waals surface area contributed by atoms with Gasteiger partial charge in [0.1, 0.15) is 0 Å². The molecule has 0 aliphatic rings. The zero-order chi connectivity index (χ0) is 23.7. The van der Waals surface area contributed by atoms with E-state index in [0.717, 1.165) is 17.3 Å². The molecule has 0 bridgehead atoms. The Kier molecular flexibility index (Phi) is 6.63. The van der Waals surface area contributed by atoms with E-state index in [2.05, 4.69) is 36.3 Å². The Hall–Kier alpha value is -2.89. The van der Waals surface area contributed by atoms with Gasteiger partial charge in [-0.25, -0.2) is 18.2 Å². The fourth-order valence-corrected chi connectivity index (χ4v) is 4.14. The zero-order valence-corrected chi connectivity index (χ0v) is 19.9. The van der Waals surface area contributed by atoms with Crippen LogP contribution in [0.15, 0.2) is 58.6 Å². The minimum absolute atomic E-state index is 0.0304. The lowest BCUT2D eigenvalue weighted by Gasteiger charge is -2.19. The number of thioether (sulfide) groups is 1. The van der Waals surface area contributed by atoms with Crippen molar-refractivity contribution >= 4 is 33.4 Å². The molecule has 3 aromatic rings. The lowest BCUT2D eigenvalue weighted by Crippen LogP contribution is -2.23. The summed E-state index contributed by atoms with van der Waals surface area (Å²) in [6.45, 7) is 8.14. The average Bonchev–Trinajstić information content (AvgIpc) is 3.07. The molecule has 0 aliphatic heterocycles. The maximum Gasteiger partial charge on any atom is 0.238 e. The third-order valence-electron chi connectivity index (χ3n) is 4.78. The molecule has 1 atom stereocenters. The molecule has 0 saturated carbocycles. The van der Waals surface area contributed by atoms with Crippen LogP contribution in [0.4, 0.5) is 5.69 Å². The van der Waals surface area contributed by atoms with E-state index in [-0.39, 0.29) is 16.2 Å². The molecule has 0 aliphatic carbocycles. The van der Waals surface area contributed by atoms with Gasteiger partial charge < -0.3 is 11.2 Å². The SMILES string of the molecule is CC(Sc1nnc(-c2ccc(C(C)(C)C)cc2)n1N)C(=O)Nc1ccc(S(N)(=O)=O)cc1. The summed E-state index contributed by atoms with van der Waals surface area (Å²) in [6.07, 6.45) is 0. The largest absolute Gasteiger partial charge is 0.335 e. The molecule has 1 amide bonds. The molecule has 1 heterocycles. The summed E-state index contributed by atoms with van der Waals surface area (Å²) in [4.78, 5) is 12.5. The van der Waals surface area contributed by atoms with Gasteiger partial charge in [0.15, 0.2) is 5.82 Å². The molecule has 11 heteroatoms. The maximum atomic E-state index is 12.5. The summed E-state index contributed by atoms with van der Waals surface area (Å²) in [5.41, 5.74) is 2.51. The van der Waals surface area contributed by atoms with Crippen LogP contribution in [0.5, 0.6) is 0 Å². The minimum Gasteiger partial charge on any atom is -0.335 e. The Morgan fingerprint density at radius 2 is 1.66 bits per heavy atom. The summed E-state index contributed by atoms with van der Waals surface area (Å²) < 4.78 is 24.0. The van der Waals surface area contributed by atoms with Gasteiger partial charge in [0.2, 0.25) is 21.1 Å². The third kappa shape index (κ3) is 5.47. The normalized spacial score (nSPS) is 13.0. The fourth-order valence-electron chi connectivity index (χ4n) is 2.86. The lowest BCUT2D eigenvalue weighted by atomic mass is 9.87. The molecule has 0 fully saturated rings. The van der Waals surface area contributed by atoms with Crippen molar-refractivity contribution in [1.82, 2.24) is 14.9 Å². The highest BCUT2D eigenvalue weighted by Crippen LogP contribution is 2.28. The van der Waals surface area contributed by atoms with Crippen molar-refractivity contribution in [2.45, 2.75) is 48.4 Å². The van der Waals surface area contributed by atoms with E-state index in [0.29, 0.717) is 16.7 Å². The van der Waals surface area contributed by atoms with Crippen molar-refractivity contribution in [2.24, 2.45) is 5.14 Å². The minimum atomic E-state index is -3.79. The molecule has 0 radical (unpaired) electrons. The van der Waals surface area contributed by atoms with Gasteiger partial charge in [-0.05, 0) is 42.2 Å². The smallest absolute Gasteiger partial charge is 0.238 e. The number of rotatable bonds is 6. The van der Waals surface area contributed by atoms with Gasteiger partial charge in [0.25, 0.3) is 0 Å². The van der Waals surface area contributed by atoms with Crippen LogP contribution in [0.25, 0.3) is 11.4 Å². The Morgan fingerprint density at radius 3 is 2.19 bits per heavy atom. The quantitative estimate of drug-likeness (QED) is 0.368. The first-order chi connectivity index (χ1) is 14.9. The number of sulfonamides is 1. The van der Waals surface area contributed by atoms with Crippen LogP contribution in [0.1, 0.15) is 33.3 Å². The number of aromatic nitrogens is 3. The number of anilines is 1. The molecule has 3 rings (SSSR count). The van der Waals surface area contributed by atoms with Crippen molar-refractivity contribution < 1.29 is 13.2 Å². The predicted molar refractivity (Wildman–Crippen MR) is 126 cm³/mol. The van der Waals surface area contributed by atoms with E-state index in [4.69, 9.17) is 11.0 Å². The van der Waals surface area contributed by atoms with E-state index in [1.807, 2.05) is 24.3 Å². The summed E-state index contributed by atoms with van der Waals surface area (Å²) in [6, 6.07) is 13.6. The number of carbonyl (C=O) groups excluding carboxylic acids is 1. The molecule has 1 unspecified atom stereocenters. The molecule has 170 valence electrons. The zero-order valence-electron chi connectivity index (χ0n) is 18.2. The first-order valence-electron chi connectivity index (χ1n) is 9.78. The summed E-state index contributed by atoms with van der Waals surface area (Å²) in [5.74, 6) is 6.39. The summed E-state index contributed by atoms with van der Waals surface area (Å²) in [5, 5.41) is 16.0. The lowest BCUT2D eigenvalue weighted by molar-refractivity contribution is -0.115. The number of nitrogens with one attached hydrogen (secondary N) is 1. The molecule has 32 heavy (non-hydrogen) atoms. The van der Waals surface area contributed by atoms with E-state index >= 15 is 0 Å². The molecule has 0 spiro atoms. The van der Waals surface area contributed by atoms with Crippen molar-refractivity contribution in [3.05, 3.63) is 54.1 Å². The second kappa shape index (κ2) is 8.93. The van der Waals surface area contributed by atoms with Crippen LogP contribution in [0, 0.1) is 0 Å². The predicted octanol–water partition coefficient (Wildman–Crippen LogP) is 2.72. The molecule has 2 aromatic carbocycles. The Labute approximate surface area is 191 Å². The van der Waals surface area contributed by atoms with Gasteiger partial charge in [0.05, 0.1) is 10.1 Å². The van der Waals surface area contributed by atoms with Crippen LogP contribution >= 0.6 is 11.8 Å². The standard InChI is InChI=1S/C21H26N6O3S2/c1-13(19(28)24-16-9-11-17(12-10-16)32(23,29)30)31-20-26-25-18(27(20)22)14-5-7-15(8-6-14)21(2,3)4/h5-13H,22H2,1-4H3,(H,24,28)(H2,23,29,30). The number of primary sulfonamides is 1. The van der Waals surface area contributed by atoms with Gasteiger partial charge in [-0.2, -0.15) is 0 Å².